The van der Waals surface area contributed by atoms with Crippen LogP contribution in [0.5, 0.6) is 0 Å². The lowest BCUT2D eigenvalue weighted by atomic mass is 10.1. The molecule has 7 nitrogen and oxygen atoms in total. The zero-order chi connectivity index (χ0) is 15.4. The van der Waals surface area contributed by atoms with Gasteiger partial charge in [-0.25, -0.2) is 4.68 Å². The average Bonchev–Trinajstić information content (AvgIpc) is 3.20. The van der Waals surface area contributed by atoms with Crippen molar-refractivity contribution in [2.45, 2.75) is 32.4 Å². The normalized spacial score (nSPS) is 15.8. The van der Waals surface area contributed by atoms with Gasteiger partial charge in [0.2, 0.25) is 5.91 Å². The monoisotopic (exact) mass is 300 g/mol. The van der Waals surface area contributed by atoms with E-state index in [4.69, 9.17) is 0 Å². The van der Waals surface area contributed by atoms with Crippen LogP contribution in [0.3, 0.4) is 0 Å². The summed E-state index contributed by atoms with van der Waals surface area (Å²) in [7, 11) is 0. The lowest BCUT2D eigenvalue weighted by Gasteiger charge is -2.20. The maximum Gasteiger partial charge on any atom is 0.242 e. The van der Waals surface area contributed by atoms with E-state index >= 15 is 0 Å². The molecule has 1 aromatic carbocycles. The molecule has 116 valence electrons. The van der Waals surface area contributed by atoms with Crippen LogP contribution in [0.2, 0.25) is 0 Å². The highest BCUT2D eigenvalue weighted by molar-refractivity contribution is 5.76. The number of hydrogen-bond acceptors (Lipinski definition) is 5. The number of benzene rings is 1. The number of tetrazole rings is 1. The highest BCUT2D eigenvalue weighted by atomic mass is 16.2. The van der Waals surface area contributed by atoms with E-state index in [1.165, 1.54) is 29.5 Å². The Kier molecular flexibility index (Phi) is 4.32. The summed E-state index contributed by atoms with van der Waals surface area (Å²) in [5.41, 5.74) is 2.34. The molecule has 2 aromatic rings. The summed E-state index contributed by atoms with van der Waals surface area (Å²) in [5, 5.41) is 13.7. The molecule has 2 heterocycles. The minimum atomic E-state index is -0.105. The molecular formula is C15H20N6O. The molecule has 1 aromatic heterocycles. The molecule has 3 rings (SSSR count). The van der Waals surface area contributed by atoms with Crippen LogP contribution in [0.15, 0.2) is 30.6 Å². The fourth-order valence-electron chi connectivity index (χ4n) is 2.74. The third kappa shape index (κ3) is 3.41. The van der Waals surface area contributed by atoms with Crippen LogP contribution < -0.4 is 10.2 Å². The highest BCUT2D eigenvalue weighted by Gasteiger charge is 2.15. The number of carbonyl (C=O) groups excluding carboxylic acids is 1. The van der Waals surface area contributed by atoms with E-state index < -0.39 is 0 Å². The number of nitrogens with zero attached hydrogens (tertiary/aromatic N) is 5. The molecule has 0 unspecified atom stereocenters. The SMILES string of the molecule is C[C@@H](NC(=O)Cn1cnnn1)c1cccc(N2CCCC2)c1. The van der Waals surface area contributed by atoms with Crippen molar-refractivity contribution in [3.8, 4) is 0 Å². The third-order valence-electron chi connectivity index (χ3n) is 3.92. The van der Waals surface area contributed by atoms with Crippen LogP contribution in [-0.2, 0) is 11.3 Å². The lowest BCUT2D eigenvalue weighted by molar-refractivity contribution is -0.122. The minimum Gasteiger partial charge on any atom is -0.372 e. The number of amides is 1. The quantitative estimate of drug-likeness (QED) is 0.896. The van der Waals surface area contributed by atoms with Crippen LogP contribution in [0.4, 0.5) is 5.69 Å². The van der Waals surface area contributed by atoms with Crippen molar-refractivity contribution in [1.82, 2.24) is 25.5 Å². The third-order valence-corrected chi connectivity index (χ3v) is 3.92. The molecule has 0 aliphatic carbocycles. The van der Waals surface area contributed by atoms with Crippen LogP contribution in [0.1, 0.15) is 31.4 Å². The van der Waals surface area contributed by atoms with Gasteiger partial charge in [-0.2, -0.15) is 0 Å². The summed E-state index contributed by atoms with van der Waals surface area (Å²) in [6.07, 6.45) is 3.93. The molecule has 1 saturated heterocycles. The molecule has 1 N–H and O–H groups in total. The molecule has 0 spiro atoms. The number of nitrogens with one attached hydrogen (secondary N) is 1. The standard InChI is InChI=1S/C15H20N6O/c1-12(17-15(22)10-21-11-16-18-19-21)13-5-4-6-14(9-13)20-7-2-3-8-20/h4-6,9,11-12H,2-3,7-8,10H2,1H3,(H,17,22)/t12-/m1/s1. The molecule has 22 heavy (non-hydrogen) atoms. The van der Waals surface area contributed by atoms with Gasteiger partial charge in [0.25, 0.3) is 0 Å². The molecule has 7 heteroatoms. The number of anilines is 1. The molecule has 0 radical (unpaired) electrons. The fraction of sp³-hybridized carbons (Fsp3) is 0.467. The van der Waals surface area contributed by atoms with Crippen LogP contribution in [-0.4, -0.2) is 39.2 Å². The lowest BCUT2D eigenvalue weighted by Crippen LogP contribution is -2.30. The van der Waals surface area contributed by atoms with Gasteiger partial charge in [-0.3, -0.25) is 4.79 Å². The van der Waals surface area contributed by atoms with Gasteiger partial charge in [0.1, 0.15) is 12.9 Å². The van der Waals surface area contributed by atoms with Crippen molar-refractivity contribution in [3.63, 3.8) is 0 Å². The Balaban J connectivity index is 1.62. The van der Waals surface area contributed by atoms with Gasteiger partial charge in [0, 0.05) is 18.8 Å². The first-order valence-corrected chi connectivity index (χ1v) is 7.57. The maximum absolute atomic E-state index is 12.0. The molecular weight excluding hydrogens is 280 g/mol. The molecule has 1 amide bonds. The van der Waals surface area contributed by atoms with Gasteiger partial charge in [-0.05, 0) is 47.9 Å². The molecule has 1 atom stereocenters. The summed E-state index contributed by atoms with van der Waals surface area (Å²) >= 11 is 0. The zero-order valence-corrected chi connectivity index (χ0v) is 12.6. The second-order valence-electron chi connectivity index (χ2n) is 5.59. The zero-order valence-electron chi connectivity index (χ0n) is 12.6. The predicted molar refractivity (Wildman–Crippen MR) is 82.3 cm³/mol. The van der Waals surface area contributed by atoms with Gasteiger partial charge >= 0.3 is 0 Å². The number of aromatic nitrogens is 4. The Labute approximate surface area is 129 Å². The van der Waals surface area contributed by atoms with Crippen LogP contribution in [0.25, 0.3) is 0 Å². The van der Waals surface area contributed by atoms with Crippen molar-refractivity contribution in [3.05, 3.63) is 36.2 Å². The molecule has 1 aliphatic rings. The number of rotatable bonds is 5. The summed E-state index contributed by atoms with van der Waals surface area (Å²) in [4.78, 5) is 14.4. The first kappa shape index (κ1) is 14.5. The van der Waals surface area contributed by atoms with Crippen molar-refractivity contribution in [2.75, 3.05) is 18.0 Å². The molecule has 1 fully saturated rings. The Bertz CT molecular complexity index is 621. The topological polar surface area (TPSA) is 75.9 Å². The number of carbonyl (C=O) groups is 1. The summed E-state index contributed by atoms with van der Waals surface area (Å²) < 4.78 is 1.41. The molecule has 0 saturated carbocycles. The maximum atomic E-state index is 12.0. The summed E-state index contributed by atoms with van der Waals surface area (Å²) in [6.45, 7) is 4.34. The van der Waals surface area contributed by atoms with Crippen LogP contribution >= 0.6 is 0 Å². The second kappa shape index (κ2) is 6.55. The van der Waals surface area contributed by atoms with E-state index in [2.05, 4.69) is 37.9 Å². The molecule has 1 aliphatic heterocycles. The summed E-state index contributed by atoms with van der Waals surface area (Å²) in [5.74, 6) is -0.105. The van der Waals surface area contributed by atoms with E-state index in [1.54, 1.807) is 0 Å². The van der Waals surface area contributed by atoms with Crippen molar-refractivity contribution in [1.29, 1.82) is 0 Å². The van der Waals surface area contributed by atoms with E-state index in [-0.39, 0.29) is 18.5 Å². The summed E-state index contributed by atoms with van der Waals surface area (Å²) in [6, 6.07) is 8.33. The van der Waals surface area contributed by atoms with Crippen molar-refractivity contribution < 1.29 is 4.79 Å². The first-order valence-electron chi connectivity index (χ1n) is 7.57. The van der Waals surface area contributed by atoms with Crippen LogP contribution in [0, 0.1) is 0 Å². The smallest absolute Gasteiger partial charge is 0.242 e. The van der Waals surface area contributed by atoms with E-state index in [1.807, 2.05) is 19.1 Å². The minimum absolute atomic E-state index is 0.0495. The van der Waals surface area contributed by atoms with E-state index in [0.29, 0.717) is 0 Å². The molecule has 0 bridgehead atoms. The second-order valence-corrected chi connectivity index (χ2v) is 5.59. The first-order chi connectivity index (χ1) is 10.7. The van der Waals surface area contributed by atoms with Gasteiger partial charge in [0.15, 0.2) is 0 Å². The van der Waals surface area contributed by atoms with Gasteiger partial charge < -0.3 is 10.2 Å². The van der Waals surface area contributed by atoms with Gasteiger partial charge in [-0.1, -0.05) is 12.1 Å². The Morgan fingerprint density at radius 3 is 2.91 bits per heavy atom. The Morgan fingerprint density at radius 1 is 1.36 bits per heavy atom. The van der Waals surface area contributed by atoms with Crippen molar-refractivity contribution >= 4 is 11.6 Å². The van der Waals surface area contributed by atoms with Gasteiger partial charge in [-0.15, -0.1) is 5.10 Å². The van der Waals surface area contributed by atoms with Gasteiger partial charge in [0.05, 0.1) is 6.04 Å². The highest BCUT2D eigenvalue weighted by Crippen LogP contribution is 2.23. The van der Waals surface area contributed by atoms with E-state index in [0.717, 1.165) is 18.7 Å². The Hall–Kier alpha value is -2.44. The Morgan fingerprint density at radius 2 is 2.18 bits per heavy atom. The number of hydrogen-bond donors (Lipinski definition) is 1. The average molecular weight is 300 g/mol. The largest absolute Gasteiger partial charge is 0.372 e. The van der Waals surface area contributed by atoms with E-state index in [9.17, 15) is 4.79 Å². The fourth-order valence-corrected chi connectivity index (χ4v) is 2.74. The predicted octanol–water partition coefficient (Wildman–Crippen LogP) is 1.15. The van der Waals surface area contributed by atoms with Crippen molar-refractivity contribution in [2.24, 2.45) is 0 Å².